The lowest BCUT2D eigenvalue weighted by Gasteiger charge is -2.16. The molecule has 2 rings (SSSR count). The first kappa shape index (κ1) is 12.9. The average molecular weight is 262 g/mol. The van der Waals surface area contributed by atoms with E-state index in [9.17, 15) is 9.18 Å². The minimum absolute atomic E-state index is 0.280. The molecule has 0 saturated heterocycles. The van der Waals surface area contributed by atoms with Crippen molar-refractivity contribution in [1.29, 1.82) is 0 Å². The number of amides is 1. The van der Waals surface area contributed by atoms with Crippen molar-refractivity contribution in [2.75, 3.05) is 11.9 Å². The van der Waals surface area contributed by atoms with Gasteiger partial charge in [0.25, 0.3) is 0 Å². The van der Waals surface area contributed by atoms with Crippen LogP contribution in [-0.4, -0.2) is 13.0 Å². The highest BCUT2D eigenvalue weighted by Gasteiger charge is 2.07. The first-order valence-electron chi connectivity index (χ1n) is 5.83. The van der Waals surface area contributed by atoms with Crippen LogP contribution >= 0.6 is 0 Å². The number of hydrogen-bond acceptors (Lipinski definition) is 4. The predicted molar refractivity (Wildman–Crippen MR) is 71.3 cm³/mol. The Hall–Kier alpha value is -2.50. The van der Waals surface area contributed by atoms with Crippen LogP contribution in [0.5, 0.6) is 0 Å². The Morgan fingerprint density at radius 3 is 3.05 bits per heavy atom. The van der Waals surface area contributed by atoms with Crippen molar-refractivity contribution in [1.82, 2.24) is 10.6 Å². The Bertz CT molecular complexity index is 539. The van der Waals surface area contributed by atoms with E-state index in [2.05, 4.69) is 16.0 Å². The molecule has 1 aromatic rings. The molecular weight excluding hydrogens is 247 g/mol. The van der Waals surface area contributed by atoms with E-state index in [-0.39, 0.29) is 12.4 Å². The smallest absolute Gasteiger partial charge is 0.211 e. The number of nitrogens with one attached hydrogen (secondary N) is 3. The number of carbonyl (C=O) groups excluding carboxylic acids is 1. The van der Waals surface area contributed by atoms with Gasteiger partial charge in [-0.15, -0.1) is 0 Å². The Kier molecular flexibility index (Phi) is 4.02. The van der Waals surface area contributed by atoms with Gasteiger partial charge in [0.2, 0.25) is 6.41 Å². The number of dihydropyridines is 1. The van der Waals surface area contributed by atoms with E-state index in [1.54, 1.807) is 6.07 Å². The molecule has 0 unspecified atom stereocenters. The summed E-state index contributed by atoms with van der Waals surface area (Å²) in [6.07, 6.45) is 4.31. The van der Waals surface area contributed by atoms with Gasteiger partial charge in [-0.05, 0) is 24.3 Å². The van der Waals surface area contributed by atoms with E-state index < -0.39 is 0 Å². The average Bonchev–Trinajstić information content (AvgIpc) is 2.41. The molecule has 1 aliphatic heterocycles. The third kappa shape index (κ3) is 3.25. The molecule has 0 saturated carbocycles. The van der Waals surface area contributed by atoms with Gasteiger partial charge in [0.05, 0.1) is 5.70 Å². The molecule has 0 fully saturated rings. The summed E-state index contributed by atoms with van der Waals surface area (Å²) in [5.74, 6) is 0.195. The van der Waals surface area contributed by atoms with Crippen LogP contribution in [0.15, 0.2) is 41.9 Å². The number of anilines is 1. The van der Waals surface area contributed by atoms with Crippen LogP contribution in [0.3, 0.4) is 0 Å². The van der Waals surface area contributed by atoms with E-state index in [1.165, 1.54) is 12.1 Å². The van der Waals surface area contributed by atoms with Crippen molar-refractivity contribution < 1.29 is 9.18 Å². The number of rotatable bonds is 5. The topological polar surface area (TPSA) is 79.2 Å². The number of benzene rings is 1. The summed E-state index contributed by atoms with van der Waals surface area (Å²) >= 11 is 0. The highest BCUT2D eigenvalue weighted by atomic mass is 19.1. The second kappa shape index (κ2) is 5.90. The van der Waals surface area contributed by atoms with Gasteiger partial charge in [0, 0.05) is 24.3 Å². The third-order valence-corrected chi connectivity index (χ3v) is 2.73. The SMILES string of the molecule is NC1=C(NCc2cc(NC=O)ccc2F)C=CCN1. The maximum absolute atomic E-state index is 13.6. The van der Waals surface area contributed by atoms with E-state index in [4.69, 9.17) is 5.73 Å². The summed E-state index contributed by atoms with van der Waals surface area (Å²) in [7, 11) is 0. The Morgan fingerprint density at radius 2 is 2.32 bits per heavy atom. The monoisotopic (exact) mass is 262 g/mol. The summed E-state index contributed by atoms with van der Waals surface area (Å²) in [4.78, 5) is 10.4. The molecule has 0 bridgehead atoms. The number of halogens is 1. The summed E-state index contributed by atoms with van der Waals surface area (Å²) in [6.45, 7) is 0.965. The van der Waals surface area contributed by atoms with Gasteiger partial charge in [0.1, 0.15) is 11.6 Å². The van der Waals surface area contributed by atoms with Crippen LogP contribution in [0.2, 0.25) is 0 Å². The lowest BCUT2D eigenvalue weighted by atomic mass is 10.1. The summed E-state index contributed by atoms with van der Waals surface area (Å²) in [5, 5.41) is 8.50. The molecule has 1 amide bonds. The van der Waals surface area contributed by atoms with E-state index in [0.29, 0.717) is 30.0 Å². The number of allylic oxidation sites excluding steroid dienone is 1. The van der Waals surface area contributed by atoms with Gasteiger partial charge in [-0.25, -0.2) is 4.39 Å². The molecule has 100 valence electrons. The molecule has 0 spiro atoms. The molecule has 5 N–H and O–H groups in total. The van der Waals surface area contributed by atoms with Crippen LogP contribution in [0, 0.1) is 5.82 Å². The molecule has 1 heterocycles. The van der Waals surface area contributed by atoms with Gasteiger partial charge in [-0.3, -0.25) is 4.79 Å². The van der Waals surface area contributed by atoms with Crippen molar-refractivity contribution in [2.24, 2.45) is 5.73 Å². The Balaban J connectivity index is 2.08. The minimum Gasteiger partial charge on any atom is -0.384 e. The molecule has 0 radical (unpaired) electrons. The van der Waals surface area contributed by atoms with Crippen molar-refractivity contribution in [2.45, 2.75) is 6.54 Å². The van der Waals surface area contributed by atoms with Crippen LogP contribution in [0.1, 0.15) is 5.56 Å². The molecule has 0 atom stereocenters. The zero-order chi connectivity index (χ0) is 13.7. The minimum atomic E-state index is -0.337. The predicted octanol–water partition coefficient (Wildman–Crippen LogP) is 0.771. The summed E-state index contributed by atoms with van der Waals surface area (Å²) in [6, 6.07) is 4.39. The van der Waals surface area contributed by atoms with Crippen LogP contribution in [0.4, 0.5) is 10.1 Å². The molecule has 19 heavy (non-hydrogen) atoms. The van der Waals surface area contributed by atoms with E-state index in [1.807, 2.05) is 12.2 Å². The van der Waals surface area contributed by atoms with E-state index >= 15 is 0 Å². The van der Waals surface area contributed by atoms with Gasteiger partial charge in [-0.1, -0.05) is 6.08 Å². The Morgan fingerprint density at radius 1 is 1.47 bits per heavy atom. The second-order valence-corrected chi connectivity index (χ2v) is 4.03. The highest BCUT2D eigenvalue weighted by molar-refractivity contribution is 5.71. The van der Waals surface area contributed by atoms with Crippen LogP contribution in [-0.2, 0) is 11.3 Å². The standard InChI is InChI=1S/C13H15FN4O/c14-11-4-3-10(18-8-19)6-9(11)7-17-12-2-1-5-16-13(12)15/h1-4,6,8,16-17H,5,7,15H2,(H,18,19). The largest absolute Gasteiger partial charge is 0.384 e. The zero-order valence-corrected chi connectivity index (χ0v) is 10.2. The lowest BCUT2D eigenvalue weighted by molar-refractivity contribution is -0.105. The fourth-order valence-electron chi connectivity index (χ4n) is 1.74. The Labute approximate surface area is 110 Å². The maximum Gasteiger partial charge on any atom is 0.211 e. The van der Waals surface area contributed by atoms with Gasteiger partial charge in [-0.2, -0.15) is 0 Å². The number of carbonyl (C=O) groups is 1. The van der Waals surface area contributed by atoms with Crippen molar-refractivity contribution in [3.05, 3.63) is 53.2 Å². The fourth-order valence-corrected chi connectivity index (χ4v) is 1.74. The van der Waals surface area contributed by atoms with Gasteiger partial charge >= 0.3 is 0 Å². The highest BCUT2D eigenvalue weighted by Crippen LogP contribution is 2.15. The summed E-state index contributed by atoms with van der Waals surface area (Å²) < 4.78 is 13.6. The summed E-state index contributed by atoms with van der Waals surface area (Å²) in [5.41, 5.74) is 7.48. The lowest BCUT2D eigenvalue weighted by Crippen LogP contribution is -2.29. The van der Waals surface area contributed by atoms with Crippen LogP contribution in [0.25, 0.3) is 0 Å². The third-order valence-electron chi connectivity index (χ3n) is 2.73. The quantitative estimate of drug-likeness (QED) is 0.591. The molecule has 1 aliphatic rings. The van der Waals surface area contributed by atoms with Crippen LogP contribution < -0.4 is 21.7 Å². The van der Waals surface area contributed by atoms with Crippen molar-refractivity contribution in [3.8, 4) is 0 Å². The van der Waals surface area contributed by atoms with Crippen molar-refractivity contribution in [3.63, 3.8) is 0 Å². The molecule has 0 aromatic heterocycles. The normalized spacial score (nSPS) is 13.9. The first-order chi connectivity index (χ1) is 9.20. The first-order valence-corrected chi connectivity index (χ1v) is 5.83. The molecule has 0 aliphatic carbocycles. The van der Waals surface area contributed by atoms with E-state index in [0.717, 1.165) is 5.70 Å². The molecule has 1 aromatic carbocycles. The maximum atomic E-state index is 13.6. The van der Waals surface area contributed by atoms with Gasteiger partial charge in [0.15, 0.2) is 0 Å². The second-order valence-electron chi connectivity index (χ2n) is 4.03. The number of hydrogen-bond donors (Lipinski definition) is 4. The fraction of sp³-hybridized carbons (Fsp3) is 0.154. The zero-order valence-electron chi connectivity index (χ0n) is 10.2. The van der Waals surface area contributed by atoms with Gasteiger partial charge < -0.3 is 21.7 Å². The van der Waals surface area contributed by atoms with Crippen molar-refractivity contribution >= 4 is 12.1 Å². The molecular formula is C13H15FN4O. The molecule has 6 heteroatoms. The number of nitrogens with two attached hydrogens (primary N) is 1. The molecule has 5 nitrogen and oxygen atoms in total.